The van der Waals surface area contributed by atoms with Gasteiger partial charge in [0.1, 0.15) is 5.75 Å². The van der Waals surface area contributed by atoms with Gasteiger partial charge in [-0.05, 0) is 50.5 Å². The molecule has 4 rings (SSSR count). The van der Waals surface area contributed by atoms with Crippen molar-refractivity contribution in [3.05, 3.63) is 58.9 Å². The van der Waals surface area contributed by atoms with E-state index >= 15 is 0 Å². The van der Waals surface area contributed by atoms with Crippen LogP contribution in [0.2, 0.25) is 0 Å². The number of aliphatic imine (C=N–C) groups is 1. The largest absolute Gasteiger partial charge is 0.465 e. The maximum absolute atomic E-state index is 6.39. The van der Waals surface area contributed by atoms with Crippen LogP contribution in [0.5, 0.6) is 5.75 Å². The molecule has 1 aromatic heterocycles. The average Bonchev–Trinajstić information content (AvgIpc) is 2.89. The highest BCUT2D eigenvalue weighted by Gasteiger charge is 2.45. The molecule has 1 aliphatic carbocycles. The second kappa shape index (κ2) is 5.19. The topological polar surface area (TPSA) is 34.5 Å². The Morgan fingerprint density at radius 3 is 2.78 bits per heavy atom. The first kappa shape index (κ1) is 14.4. The highest BCUT2D eigenvalue weighted by molar-refractivity contribution is 6.15. The number of aryl methyl sites for hydroxylation is 2. The fraction of sp³-hybridized carbons (Fsp3) is 0.400. The van der Waals surface area contributed by atoms with Crippen molar-refractivity contribution >= 4 is 5.71 Å². The van der Waals surface area contributed by atoms with Gasteiger partial charge in [0.2, 0.25) is 5.72 Å². The van der Waals surface area contributed by atoms with Gasteiger partial charge in [-0.2, -0.15) is 0 Å². The molecule has 2 aromatic rings. The molecule has 2 unspecified atom stereocenters. The molecule has 2 aliphatic rings. The van der Waals surface area contributed by atoms with Gasteiger partial charge in [-0.15, -0.1) is 0 Å². The molecule has 2 atom stereocenters. The Bertz CT molecular complexity index is 796. The number of hydrogen-bond donors (Lipinski definition) is 0. The first-order valence-corrected chi connectivity index (χ1v) is 8.41. The zero-order valence-electron chi connectivity index (χ0n) is 14.0. The fourth-order valence-corrected chi connectivity index (χ4v) is 3.66. The summed E-state index contributed by atoms with van der Waals surface area (Å²) >= 11 is 0. The molecule has 0 saturated heterocycles. The minimum absolute atomic E-state index is 0.400. The van der Waals surface area contributed by atoms with E-state index in [2.05, 4.69) is 37.0 Å². The second-order valence-electron chi connectivity index (χ2n) is 6.82. The van der Waals surface area contributed by atoms with Gasteiger partial charge in [0.25, 0.3) is 0 Å². The van der Waals surface area contributed by atoms with Crippen molar-refractivity contribution in [3.63, 3.8) is 0 Å². The number of nitrogens with zero attached hydrogens (tertiary/aromatic N) is 2. The van der Waals surface area contributed by atoms with E-state index in [0.29, 0.717) is 5.92 Å². The van der Waals surface area contributed by atoms with E-state index in [9.17, 15) is 0 Å². The summed E-state index contributed by atoms with van der Waals surface area (Å²) < 4.78 is 6.39. The Balaban J connectivity index is 1.91. The van der Waals surface area contributed by atoms with Crippen LogP contribution in [0.25, 0.3) is 0 Å². The average molecular weight is 306 g/mol. The Morgan fingerprint density at radius 2 is 2.04 bits per heavy atom. The van der Waals surface area contributed by atoms with Crippen LogP contribution in [0.15, 0.2) is 41.5 Å². The maximum Gasteiger partial charge on any atom is 0.203 e. The van der Waals surface area contributed by atoms with E-state index in [1.54, 1.807) is 0 Å². The van der Waals surface area contributed by atoms with Crippen LogP contribution < -0.4 is 4.74 Å². The number of hydrogen-bond acceptors (Lipinski definition) is 3. The number of ether oxygens (including phenoxy) is 1. The lowest BCUT2D eigenvalue weighted by molar-refractivity contribution is 0.0421. The Morgan fingerprint density at radius 1 is 1.22 bits per heavy atom. The third-order valence-electron chi connectivity index (χ3n) is 5.29. The van der Waals surface area contributed by atoms with Crippen molar-refractivity contribution in [1.29, 1.82) is 0 Å². The van der Waals surface area contributed by atoms with Gasteiger partial charge in [0.05, 0.1) is 5.71 Å². The molecule has 118 valence electrons. The highest BCUT2D eigenvalue weighted by Crippen LogP contribution is 2.44. The number of para-hydroxylation sites is 1. The van der Waals surface area contributed by atoms with Gasteiger partial charge in [-0.25, -0.2) is 4.99 Å². The van der Waals surface area contributed by atoms with Crippen LogP contribution in [0, 0.1) is 19.8 Å². The number of aromatic nitrogens is 1. The molecule has 0 radical (unpaired) electrons. The van der Waals surface area contributed by atoms with Crippen molar-refractivity contribution in [3.8, 4) is 5.75 Å². The van der Waals surface area contributed by atoms with E-state index in [1.165, 1.54) is 18.4 Å². The molecule has 1 saturated carbocycles. The summed E-state index contributed by atoms with van der Waals surface area (Å²) in [4.78, 5) is 9.67. The minimum Gasteiger partial charge on any atom is -0.465 e. The van der Waals surface area contributed by atoms with Gasteiger partial charge in [-0.3, -0.25) is 4.98 Å². The Kier molecular flexibility index (Phi) is 3.26. The van der Waals surface area contributed by atoms with Crippen LogP contribution in [-0.2, 0) is 0 Å². The predicted octanol–water partition coefficient (Wildman–Crippen LogP) is 4.44. The third-order valence-corrected chi connectivity index (χ3v) is 5.29. The van der Waals surface area contributed by atoms with Crippen LogP contribution >= 0.6 is 0 Å². The lowest BCUT2D eigenvalue weighted by atomic mass is 9.95. The number of pyridine rings is 1. The quantitative estimate of drug-likeness (QED) is 0.780. The van der Waals surface area contributed by atoms with Crippen molar-refractivity contribution in [2.45, 2.75) is 45.8 Å². The van der Waals surface area contributed by atoms with Crippen molar-refractivity contribution in [2.24, 2.45) is 10.9 Å². The SMILES string of the molecule is Cc1cc(C2=NC3(CCCC3C)Oc3ccccc32)cnc1C. The van der Waals surface area contributed by atoms with Gasteiger partial charge < -0.3 is 4.74 Å². The fourth-order valence-electron chi connectivity index (χ4n) is 3.66. The number of fused-ring (bicyclic) bond motifs is 1. The van der Waals surface area contributed by atoms with Crippen LogP contribution in [-0.4, -0.2) is 16.4 Å². The molecule has 1 aromatic carbocycles. The predicted molar refractivity (Wildman–Crippen MR) is 92.2 cm³/mol. The van der Waals surface area contributed by atoms with E-state index in [-0.39, 0.29) is 0 Å². The van der Waals surface area contributed by atoms with Gasteiger partial charge in [0.15, 0.2) is 0 Å². The van der Waals surface area contributed by atoms with E-state index < -0.39 is 5.72 Å². The molecule has 0 amide bonds. The second-order valence-corrected chi connectivity index (χ2v) is 6.82. The Hall–Kier alpha value is -2.16. The minimum atomic E-state index is -0.400. The molecule has 0 bridgehead atoms. The van der Waals surface area contributed by atoms with Crippen LogP contribution in [0.3, 0.4) is 0 Å². The van der Waals surface area contributed by atoms with Gasteiger partial charge in [0, 0.05) is 35.4 Å². The molecule has 0 N–H and O–H groups in total. The summed E-state index contributed by atoms with van der Waals surface area (Å²) in [7, 11) is 0. The zero-order chi connectivity index (χ0) is 16.0. The molecular weight excluding hydrogens is 284 g/mol. The number of rotatable bonds is 1. The van der Waals surface area contributed by atoms with Crippen LogP contribution in [0.4, 0.5) is 0 Å². The first-order valence-electron chi connectivity index (χ1n) is 8.41. The summed E-state index contributed by atoms with van der Waals surface area (Å²) in [5.74, 6) is 1.38. The van der Waals surface area contributed by atoms with E-state index in [4.69, 9.17) is 9.73 Å². The molecular formula is C20H22N2O. The van der Waals surface area contributed by atoms with Gasteiger partial charge >= 0.3 is 0 Å². The summed E-state index contributed by atoms with van der Waals surface area (Å²) in [6.45, 7) is 6.39. The normalized spacial score (nSPS) is 25.9. The molecule has 23 heavy (non-hydrogen) atoms. The van der Waals surface area contributed by atoms with Crippen LogP contribution in [0.1, 0.15) is 48.6 Å². The molecule has 1 aliphatic heterocycles. The van der Waals surface area contributed by atoms with Gasteiger partial charge in [-0.1, -0.05) is 19.1 Å². The smallest absolute Gasteiger partial charge is 0.203 e. The van der Waals surface area contributed by atoms with E-state index in [0.717, 1.165) is 34.7 Å². The van der Waals surface area contributed by atoms with Crippen molar-refractivity contribution in [1.82, 2.24) is 4.98 Å². The molecule has 3 heteroatoms. The lowest BCUT2D eigenvalue weighted by Crippen LogP contribution is -2.41. The monoisotopic (exact) mass is 306 g/mol. The van der Waals surface area contributed by atoms with E-state index in [1.807, 2.05) is 25.3 Å². The first-order chi connectivity index (χ1) is 11.1. The summed E-state index contributed by atoms with van der Waals surface area (Å²) in [5.41, 5.74) is 5.05. The standard InChI is InChI=1S/C20H22N2O/c1-13-11-16(12-21-15(13)3)19-17-8-4-5-9-18(17)23-20(22-19)10-6-7-14(20)2/h4-5,8-9,11-12,14H,6-7,10H2,1-3H3. The Labute approximate surface area is 137 Å². The highest BCUT2D eigenvalue weighted by atomic mass is 16.5. The summed E-state index contributed by atoms with van der Waals surface area (Å²) in [6.07, 6.45) is 5.27. The molecule has 2 heterocycles. The zero-order valence-corrected chi connectivity index (χ0v) is 14.0. The maximum atomic E-state index is 6.39. The lowest BCUT2D eigenvalue weighted by Gasteiger charge is -2.36. The third kappa shape index (κ3) is 2.26. The molecule has 3 nitrogen and oxygen atoms in total. The summed E-state index contributed by atoms with van der Waals surface area (Å²) in [5, 5.41) is 0. The van der Waals surface area contributed by atoms with Crippen molar-refractivity contribution < 1.29 is 4.74 Å². The number of benzene rings is 1. The molecule has 1 spiro atoms. The van der Waals surface area contributed by atoms with Crippen molar-refractivity contribution in [2.75, 3.05) is 0 Å². The summed E-state index contributed by atoms with van der Waals surface area (Å²) in [6, 6.07) is 10.4. The molecule has 1 fully saturated rings.